The molecule has 0 saturated heterocycles. The molecule has 0 fully saturated rings. The maximum absolute atomic E-state index is 12.0. The van der Waals surface area contributed by atoms with E-state index in [9.17, 15) is 4.79 Å². The number of aromatic nitrogens is 1. The lowest BCUT2D eigenvalue weighted by atomic mass is 9.77. The highest BCUT2D eigenvalue weighted by atomic mass is 32.1. The Hall–Kier alpha value is -3.97. The average molecular weight is 471 g/mol. The Kier molecular flexibility index (Phi) is 7.04. The normalized spacial score (nSPS) is 11.9. The summed E-state index contributed by atoms with van der Waals surface area (Å²) in [4.78, 5) is 22.0. The summed E-state index contributed by atoms with van der Waals surface area (Å²) >= 11 is 1.37. The number of benzene rings is 3. The van der Waals surface area contributed by atoms with Crippen LogP contribution in [0.3, 0.4) is 0 Å². The van der Waals surface area contributed by atoms with E-state index in [0.29, 0.717) is 10.8 Å². The lowest BCUT2D eigenvalue weighted by molar-refractivity contribution is -0.112. The van der Waals surface area contributed by atoms with E-state index >= 15 is 0 Å². The van der Waals surface area contributed by atoms with Gasteiger partial charge in [-0.05, 0) is 30.5 Å². The van der Waals surface area contributed by atoms with Gasteiger partial charge in [0.2, 0.25) is 0 Å². The number of hydrogen-bond donors (Lipinski definition) is 2. The number of nitrogens with two attached hydrogens (primary N) is 1. The number of nitrogens with one attached hydrogen (secondary N) is 1. The van der Waals surface area contributed by atoms with E-state index in [1.54, 1.807) is 5.38 Å². The van der Waals surface area contributed by atoms with Crippen molar-refractivity contribution in [2.24, 2.45) is 10.9 Å². The Balaban J connectivity index is 1.85. The largest absolute Gasteiger partial charge is 0.392 e. The topological polar surface area (TPSA) is 89.6 Å². The molecule has 0 bridgehead atoms. The van der Waals surface area contributed by atoms with Crippen LogP contribution in [-0.4, -0.2) is 22.7 Å². The molecule has 7 heteroatoms. The van der Waals surface area contributed by atoms with Gasteiger partial charge in [-0.3, -0.25) is 4.79 Å². The van der Waals surface area contributed by atoms with Crippen molar-refractivity contribution < 1.29 is 9.63 Å². The molecule has 1 amide bonds. The molecule has 6 nitrogen and oxygen atoms in total. The minimum Gasteiger partial charge on any atom is -0.392 e. The van der Waals surface area contributed by atoms with Crippen molar-refractivity contribution in [2.45, 2.75) is 25.5 Å². The van der Waals surface area contributed by atoms with Gasteiger partial charge in [-0.2, -0.15) is 0 Å². The van der Waals surface area contributed by atoms with E-state index in [2.05, 4.69) is 51.9 Å². The third kappa shape index (κ3) is 4.84. The fourth-order valence-corrected chi connectivity index (χ4v) is 4.51. The van der Waals surface area contributed by atoms with E-state index in [1.807, 2.05) is 68.4 Å². The second-order valence-electron chi connectivity index (χ2n) is 7.97. The second kappa shape index (κ2) is 10.3. The molecule has 0 aliphatic rings. The van der Waals surface area contributed by atoms with Crippen molar-refractivity contribution in [3.63, 3.8) is 0 Å². The summed E-state index contributed by atoms with van der Waals surface area (Å²) in [6.07, 6.45) is -0.188. The van der Waals surface area contributed by atoms with Gasteiger partial charge < -0.3 is 15.9 Å². The molecular weight excluding hydrogens is 444 g/mol. The van der Waals surface area contributed by atoms with Gasteiger partial charge in [-0.15, -0.1) is 11.3 Å². The van der Waals surface area contributed by atoms with E-state index in [-0.39, 0.29) is 11.8 Å². The first-order valence-corrected chi connectivity index (χ1v) is 11.8. The third-order valence-electron chi connectivity index (χ3n) is 5.25. The van der Waals surface area contributed by atoms with Crippen LogP contribution in [0.25, 0.3) is 0 Å². The quantitative estimate of drug-likeness (QED) is 0.201. The first-order chi connectivity index (χ1) is 16.5. The number of carbonyl (C=O) groups is 1. The van der Waals surface area contributed by atoms with Gasteiger partial charge >= 0.3 is 0 Å². The minimum absolute atomic E-state index is 0.0114. The van der Waals surface area contributed by atoms with Gasteiger partial charge in [0.05, 0.1) is 0 Å². The lowest BCUT2D eigenvalue weighted by Gasteiger charge is -2.36. The zero-order valence-corrected chi connectivity index (χ0v) is 19.8. The number of carbonyl (C=O) groups excluding carboxylic acids is 1. The van der Waals surface area contributed by atoms with Gasteiger partial charge in [0.15, 0.2) is 10.8 Å². The second-order valence-corrected chi connectivity index (χ2v) is 8.83. The van der Waals surface area contributed by atoms with Crippen LogP contribution < -0.4 is 11.1 Å². The van der Waals surface area contributed by atoms with E-state index in [0.717, 1.165) is 16.7 Å². The van der Waals surface area contributed by atoms with E-state index < -0.39 is 11.4 Å². The Labute approximate surface area is 203 Å². The summed E-state index contributed by atoms with van der Waals surface area (Å²) in [5.41, 5.74) is 8.34. The average Bonchev–Trinajstić information content (AvgIpc) is 3.32. The molecule has 0 atom stereocenters. The summed E-state index contributed by atoms with van der Waals surface area (Å²) in [5.74, 6) is -0.696. The van der Waals surface area contributed by atoms with Gasteiger partial charge in [0.25, 0.3) is 5.91 Å². The maximum atomic E-state index is 12.0. The fourth-order valence-electron chi connectivity index (χ4n) is 3.76. The van der Waals surface area contributed by atoms with Crippen LogP contribution in [0.2, 0.25) is 0 Å². The summed E-state index contributed by atoms with van der Waals surface area (Å²) in [6, 6.07) is 30.7. The highest BCUT2D eigenvalue weighted by molar-refractivity contribution is 7.14. The standard InChI is InChI=1S/C27H26N4O2S/c1-19(2)33-31-24(25(28)32)23-18-34-26(29-23)30-27(20-12-6-3-7-13-20,21-14-8-4-9-15-21)22-16-10-5-11-17-22/h3-19H,1-2H3,(H2,28,32)(H,29,30)/b31-24+. The van der Waals surface area contributed by atoms with E-state index in [4.69, 9.17) is 10.6 Å². The summed E-state index contributed by atoms with van der Waals surface area (Å²) in [7, 11) is 0. The van der Waals surface area contributed by atoms with Crippen molar-refractivity contribution in [2.75, 3.05) is 5.32 Å². The molecule has 34 heavy (non-hydrogen) atoms. The predicted molar refractivity (Wildman–Crippen MR) is 137 cm³/mol. The summed E-state index contributed by atoms with van der Waals surface area (Å²) < 4.78 is 0. The van der Waals surface area contributed by atoms with Crippen LogP contribution in [0.15, 0.2) is 102 Å². The highest BCUT2D eigenvalue weighted by Crippen LogP contribution is 2.40. The number of oxime groups is 1. The summed E-state index contributed by atoms with van der Waals surface area (Å²) in [5, 5.41) is 9.98. The van der Waals surface area contributed by atoms with Crippen molar-refractivity contribution in [1.29, 1.82) is 0 Å². The van der Waals surface area contributed by atoms with Crippen LogP contribution in [0, 0.1) is 0 Å². The first kappa shape index (κ1) is 23.2. The molecule has 172 valence electrons. The van der Waals surface area contributed by atoms with Crippen molar-refractivity contribution >= 4 is 28.1 Å². The fraction of sp³-hybridized carbons (Fsp3) is 0.148. The molecule has 4 rings (SSSR count). The number of hydrogen-bond acceptors (Lipinski definition) is 6. The van der Waals surface area contributed by atoms with Crippen LogP contribution in [0.5, 0.6) is 0 Å². The van der Waals surface area contributed by atoms with Crippen molar-refractivity contribution in [3.05, 3.63) is 119 Å². The Bertz CT molecular complexity index is 1160. The molecule has 0 unspecified atom stereocenters. The molecule has 0 saturated carbocycles. The number of amides is 1. The first-order valence-electron chi connectivity index (χ1n) is 10.9. The Morgan fingerprint density at radius 3 is 1.79 bits per heavy atom. The monoisotopic (exact) mass is 470 g/mol. The molecule has 3 aromatic carbocycles. The maximum Gasteiger partial charge on any atom is 0.273 e. The number of anilines is 1. The third-order valence-corrected chi connectivity index (χ3v) is 6.01. The molecule has 1 heterocycles. The molecule has 0 aliphatic heterocycles. The molecule has 0 radical (unpaired) electrons. The lowest BCUT2D eigenvalue weighted by Crippen LogP contribution is -2.38. The highest BCUT2D eigenvalue weighted by Gasteiger charge is 2.37. The molecule has 1 aromatic heterocycles. The summed E-state index contributed by atoms with van der Waals surface area (Å²) in [6.45, 7) is 3.65. The SMILES string of the molecule is CC(C)O/N=C(/C(N)=O)c1csc(NC(c2ccccc2)(c2ccccc2)c2ccccc2)n1. The van der Waals surface area contributed by atoms with Gasteiger partial charge in [0.1, 0.15) is 17.3 Å². The van der Waals surface area contributed by atoms with Crippen LogP contribution >= 0.6 is 11.3 Å². The Morgan fingerprint density at radius 2 is 1.38 bits per heavy atom. The molecular formula is C27H26N4O2S. The van der Waals surface area contributed by atoms with E-state index in [1.165, 1.54) is 11.3 Å². The van der Waals surface area contributed by atoms with Gasteiger partial charge in [-0.1, -0.05) is 96.2 Å². The predicted octanol–water partition coefficient (Wildman–Crippen LogP) is 5.16. The van der Waals surface area contributed by atoms with Crippen LogP contribution in [0.4, 0.5) is 5.13 Å². The van der Waals surface area contributed by atoms with Crippen LogP contribution in [-0.2, 0) is 15.2 Å². The number of primary amides is 1. The van der Waals surface area contributed by atoms with Gasteiger partial charge in [0, 0.05) is 5.38 Å². The number of thiazole rings is 1. The smallest absolute Gasteiger partial charge is 0.273 e. The van der Waals surface area contributed by atoms with Crippen molar-refractivity contribution in [3.8, 4) is 0 Å². The Morgan fingerprint density at radius 1 is 0.912 bits per heavy atom. The van der Waals surface area contributed by atoms with Crippen molar-refractivity contribution in [1.82, 2.24) is 4.98 Å². The minimum atomic E-state index is -0.725. The molecule has 0 spiro atoms. The zero-order chi connectivity index (χ0) is 24.0. The van der Waals surface area contributed by atoms with Gasteiger partial charge in [-0.25, -0.2) is 4.98 Å². The molecule has 3 N–H and O–H groups in total. The zero-order valence-electron chi connectivity index (χ0n) is 19.0. The number of rotatable bonds is 9. The molecule has 0 aliphatic carbocycles. The number of nitrogens with zero attached hydrogens (tertiary/aromatic N) is 2. The molecule has 4 aromatic rings. The van der Waals surface area contributed by atoms with Crippen LogP contribution in [0.1, 0.15) is 36.2 Å².